The number of amidine groups is 1. The van der Waals surface area contributed by atoms with E-state index in [-0.39, 0.29) is 51.3 Å². The lowest BCUT2D eigenvalue weighted by atomic mass is 9.98. The highest BCUT2D eigenvalue weighted by molar-refractivity contribution is 6.74. The van der Waals surface area contributed by atoms with Gasteiger partial charge in [0.1, 0.15) is 35.3 Å². The Bertz CT molecular complexity index is 2590. The van der Waals surface area contributed by atoms with E-state index >= 15 is 13.2 Å². The highest BCUT2D eigenvalue weighted by Gasteiger charge is 2.63. The molecule has 2 aliphatic heterocycles. The minimum absolute atomic E-state index is 0.0296. The molecule has 0 bridgehead atoms. The molecule has 2 saturated heterocycles. The fourth-order valence-electron chi connectivity index (χ4n) is 7.74. The van der Waals surface area contributed by atoms with Crippen molar-refractivity contribution in [2.24, 2.45) is 10.8 Å². The average molecular weight is 1010 g/mol. The summed E-state index contributed by atoms with van der Waals surface area (Å²) in [6.45, 7) is 27.5. The van der Waals surface area contributed by atoms with Gasteiger partial charge in [0, 0.05) is 62.7 Å². The first-order valence-electron chi connectivity index (χ1n) is 23.7. The SMILES string of the molecule is CC(C)c1cc(C(=Nc2ccc(CN3CCN(Cc4ccc(C(=O)Nc5ccn(C6OC(CO[Si](C)(C)C(C)(C)C)C(O[Si](C)(C)C(C)(C)C)C6(F)F)c(=O)n5)cc4)CC3)c(F)c2)NN)c(O)cc1O. The molecule has 3 unspecified atom stereocenters. The summed E-state index contributed by atoms with van der Waals surface area (Å²) in [5, 5.41) is 22.8. The van der Waals surface area contributed by atoms with Gasteiger partial charge < -0.3 is 34.5 Å². The minimum atomic E-state index is -3.62. The number of aliphatic imine (C=N–C) groups is 1. The number of carbonyl (C=O) groups excluding carboxylic acids is 1. The van der Waals surface area contributed by atoms with Gasteiger partial charge in [-0.3, -0.25) is 19.2 Å². The van der Waals surface area contributed by atoms with Crippen LogP contribution in [0.15, 0.2) is 76.6 Å². The summed E-state index contributed by atoms with van der Waals surface area (Å²) in [5.74, 6) is 0.887. The van der Waals surface area contributed by atoms with E-state index in [9.17, 15) is 19.8 Å². The molecule has 2 aliphatic rings. The minimum Gasteiger partial charge on any atom is -0.508 e. The molecule has 20 heteroatoms. The third-order valence-corrected chi connectivity index (χ3v) is 23.2. The van der Waals surface area contributed by atoms with Crippen LogP contribution in [-0.4, -0.2) is 109 Å². The van der Waals surface area contributed by atoms with E-state index in [1.807, 2.05) is 72.9 Å². The van der Waals surface area contributed by atoms with Gasteiger partial charge in [-0.1, -0.05) is 73.6 Å². The Kier molecular flexibility index (Phi) is 16.3. The maximum absolute atomic E-state index is 16.5. The summed E-state index contributed by atoms with van der Waals surface area (Å²) in [5.41, 5.74) is 4.43. The Morgan fingerprint density at radius 1 is 0.914 bits per heavy atom. The van der Waals surface area contributed by atoms with Gasteiger partial charge >= 0.3 is 11.6 Å². The lowest BCUT2D eigenvalue weighted by Crippen LogP contribution is -2.53. The van der Waals surface area contributed by atoms with Crippen LogP contribution in [0.5, 0.6) is 11.5 Å². The van der Waals surface area contributed by atoms with Gasteiger partial charge in [0.2, 0.25) is 6.23 Å². The molecule has 2 fully saturated rings. The first-order chi connectivity index (χ1) is 32.5. The zero-order valence-electron chi connectivity index (χ0n) is 42.5. The number of halogens is 3. The molecular formula is C50H71F3N8O7Si2. The molecule has 4 aromatic rings. The van der Waals surface area contributed by atoms with Gasteiger partial charge in [-0.25, -0.2) is 20.0 Å². The molecule has 0 radical (unpaired) electrons. The lowest BCUT2D eigenvalue weighted by molar-refractivity contribution is -0.138. The molecule has 6 rings (SSSR count). The van der Waals surface area contributed by atoms with Gasteiger partial charge in [0.05, 0.1) is 17.9 Å². The summed E-state index contributed by atoms with van der Waals surface area (Å²) < 4.78 is 67.9. The second kappa shape index (κ2) is 21.0. The summed E-state index contributed by atoms with van der Waals surface area (Å²) in [7, 11) is -5.12. The number of amides is 1. The number of alkyl halides is 2. The standard InChI is InChI=1S/C50H71F3N8O7Si2/c1-31(2)36-26-37(40(63)27-39(36)62)44(58-54)55-35-18-17-34(38(51)25-35)29-60-23-21-59(22-24-60)28-32-13-15-33(16-14-32)45(64)56-42-19-20-61(47(65)57-42)46-50(52,53)43(68-70(11,12)49(6,7)8)41(67-46)30-66-69(9,10)48(3,4)5/h13-20,25-27,31,41,43,46,62-63H,21-24,28-30,54H2,1-12H3,(H,55,58)(H,56,57,64,65). The Morgan fingerprint density at radius 2 is 1.53 bits per heavy atom. The van der Waals surface area contributed by atoms with Crippen molar-refractivity contribution in [3.05, 3.63) is 111 Å². The zero-order chi connectivity index (χ0) is 51.7. The number of ether oxygens (including phenoxy) is 1. The number of phenols is 2. The number of hydrogen-bond donors (Lipinski definition) is 5. The normalized spacial score (nSPS) is 19.7. The van der Waals surface area contributed by atoms with Crippen LogP contribution in [0, 0.1) is 5.82 Å². The smallest absolute Gasteiger partial charge is 0.351 e. The van der Waals surface area contributed by atoms with Crippen LogP contribution in [0.3, 0.4) is 0 Å². The van der Waals surface area contributed by atoms with E-state index in [4.69, 9.17) is 19.4 Å². The third kappa shape index (κ3) is 12.4. The first kappa shape index (κ1) is 54.4. The van der Waals surface area contributed by atoms with E-state index < -0.39 is 58.4 Å². The number of piperazine rings is 1. The van der Waals surface area contributed by atoms with Crippen LogP contribution in [0.2, 0.25) is 36.3 Å². The average Bonchev–Trinajstić information content (AvgIpc) is 3.50. The first-order valence-corrected chi connectivity index (χ1v) is 29.5. The molecule has 0 aliphatic carbocycles. The monoisotopic (exact) mass is 1010 g/mol. The summed E-state index contributed by atoms with van der Waals surface area (Å²) in [6.07, 6.45) is -3.68. The van der Waals surface area contributed by atoms with Gasteiger partial charge in [0.25, 0.3) is 5.91 Å². The Morgan fingerprint density at radius 3 is 2.09 bits per heavy atom. The summed E-state index contributed by atoms with van der Waals surface area (Å²) >= 11 is 0. The van der Waals surface area contributed by atoms with E-state index in [0.717, 1.165) is 29.4 Å². The number of hydrazine groups is 1. The van der Waals surface area contributed by atoms with Gasteiger partial charge in [-0.2, -0.15) is 13.8 Å². The van der Waals surface area contributed by atoms with Crippen molar-refractivity contribution in [1.82, 2.24) is 24.8 Å². The fourth-order valence-corrected chi connectivity index (χ4v) is 10.1. The molecule has 1 aromatic heterocycles. The second-order valence-electron chi connectivity index (χ2n) is 21.7. The Balaban J connectivity index is 1.03. The van der Waals surface area contributed by atoms with Crippen molar-refractivity contribution >= 4 is 39.9 Å². The van der Waals surface area contributed by atoms with Gasteiger partial charge in [0.15, 0.2) is 22.5 Å². The van der Waals surface area contributed by atoms with Crippen LogP contribution in [-0.2, 0) is 26.7 Å². The number of hydrogen-bond acceptors (Lipinski definition) is 12. The maximum atomic E-state index is 16.5. The molecule has 1 amide bonds. The Labute approximate surface area is 411 Å². The number of anilines is 1. The quantitative estimate of drug-likeness (QED) is 0.0250. The van der Waals surface area contributed by atoms with Crippen molar-refractivity contribution in [2.75, 3.05) is 38.1 Å². The number of carbonyl (C=O) groups is 1. The topological polar surface area (TPSA) is 189 Å². The van der Waals surface area contributed by atoms with E-state index in [1.54, 1.807) is 30.3 Å². The second-order valence-corrected chi connectivity index (χ2v) is 31.3. The van der Waals surface area contributed by atoms with Crippen LogP contribution in [0.25, 0.3) is 0 Å². The largest absolute Gasteiger partial charge is 0.508 e. The Hall–Kier alpha value is -4.94. The molecule has 0 spiro atoms. The highest BCUT2D eigenvalue weighted by Crippen LogP contribution is 2.49. The summed E-state index contributed by atoms with van der Waals surface area (Å²) in [4.78, 5) is 39.5. The number of nitrogens with one attached hydrogen (secondary N) is 2. The van der Waals surface area contributed by atoms with Crippen LogP contribution < -0.4 is 22.3 Å². The highest BCUT2D eigenvalue weighted by atomic mass is 28.4. The number of phenolic OH excluding ortho intramolecular Hbond substituents is 2. The van der Waals surface area contributed by atoms with Gasteiger partial charge in [-0.05, 0) is 89.7 Å². The van der Waals surface area contributed by atoms with Crippen LogP contribution in [0.4, 0.5) is 24.7 Å². The molecule has 3 heterocycles. The number of rotatable bonds is 15. The van der Waals surface area contributed by atoms with Crippen molar-refractivity contribution in [3.63, 3.8) is 0 Å². The summed E-state index contributed by atoms with van der Waals surface area (Å²) in [6, 6.07) is 15.8. The predicted molar refractivity (Wildman–Crippen MR) is 271 cm³/mol. The molecule has 70 heavy (non-hydrogen) atoms. The van der Waals surface area contributed by atoms with E-state index in [0.29, 0.717) is 48.6 Å². The molecule has 0 saturated carbocycles. The third-order valence-electron chi connectivity index (χ3n) is 14.2. The van der Waals surface area contributed by atoms with E-state index in [1.165, 1.54) is 18.2 Å². The number of aromatic nitrogens is 2. The van der Waals surface area contributed by atoms with E-state index in [2.05, 4.69) is 51.3 Å². The van der Waals surface area contributed by atoms with Crippen molar-refractivity contribution < 1.29 is 41.8 Å². The number of benzene rings is 3. The number of nitrogens with two attached hydrogens (primary N) is 1. The van der Waals surface area contributed by atoms with Crippen LogP contribution >= 0.6 is 0 Å². The molecular weight excluding hydrogens is 938 g/mol. The zero-order valence-corrected chi connectivity index (χ0v) is 44.5. The van der Waals surface area contributed by atoms with Crippen LogP contribution in [0.1, 0.15) is 100 Å². The molecule has 382 valence electrons. The fraction of sp³-hybridized carbons (Fsp3) is 0.520. The predicted octanol–water partition coefficient (Wildman–Crippen LogP) is 8.97. The number of aromatic hydroxyl groups is 2. The van der Waals surface area contributed by atoms with Crippen molar-refractivity contribution in [2.45, 2.75) is 135 Å². The molecule has 3 atom stereocenters. The van der Waals surface area contributed by atoms with Crippen molar-refractivity contribution in [1.29, 1.82) is 0 Å². The molecule has 15 nitrogen and oxygen atoms in total. The molecule has 6 N–H and O–H groups in total. The van der Waals surface area contributed by atoms with Crippen molar-refractivity contribution in [3.8, 4) is 11.5 Å². The lowest BCUT2D eigenvalue weighted by Gasteiger charge is -2.41. The number of nitrogens with zero attached hydrogens (tertiary/aromatic N) is 5. The maximum Gasteiger partial charge on any atom is 0.351 e. The van der Waals surface area contributed by atoms with Gasteiger partial charge in [-0.15, -0.1) is 0 Å². The molecule has 3 aromatic carbocycles.